The van der Waals surface area contributed by atoms with Gasteiger partial charge in [-0.3, -0.25) is 19.8 Å². The average Bonchev–Trinajstić information content (AvgIpc) is 3.43. The molecular weight excluding hydrogens is 472 g/mol. The van der Waals surface area contributed by atoms with E-state index >= 15 is 0 Å². The molecule has 4 aromatic heterocycles. The lowest BCUT2D eigenvalue weighted by atomic mass is 10.1. The third-order valence-electron chi connectivity index (χ3n) is 5.13. The highest BCUT2D eigenvalue weighted by Crippen LogP contribution is 2.25. The van der Waals surface area contributed by atoms with Gasteiger partial charge in [0, 0.05) is 30.7 Å². The van der Waals surface area contributed by atoms with Gasteiger partial charge >= 0.3 is 5.92 Å². The Morgan fingerprint density at radius 1 is 1.19 bits per heavy atom. The molecule has 0 unspecified atom stereocenters. The molecule has 0 saturated carbocycles. The minimum Gasteiger partial charge on any atom is -0.427 e. The van der Waals surface area contributed by atoms with Crippen molar-refractivity contribution in [2.45, 2.75) is 18.9 Å². The Bertz CT molecular complexity index is 1460. The predicted molar refractivity (Wildman–Crippen MR) is 120 cm³/mol. The van der Waals surface area contributed by atoms with Crippen LogP contribution in [0.15, 0.2) is 72.6 Å². The van der Waals surface area contributed by atoms with E-state index in [1.807, 2.05) is 6.07 Å². The number of aromatic nitrogens is 6. The smallest absolute Gasteiger partial charge is 0.308 e. The first-order chi connectivity index (χ1) is 17.4. The first kappa shape index (κ1) is 24.1. The zero-order valence-corrected chi connectivity index (χ0v) is 18.7. The maximum absolute atomic E-state index is 14.4. The van der Waals surface area contributed by atoms with Crippen LogP contribution in [-0.2, 0) is 23.7 Å². The largest absolute Gasteiger partial charge is 0.427 e. The Labute approximate surface area is 203 Å². The molecule has 4 rings (SSSR count). The molecule has 13 heteroatoms. The number of alkyl halides is 2. The normalized spacial score (nSPS) is 11.8. The number of hydrogen-bond acceptors (Lipinski definition) is 8. The summed E-state index contributed by atoms with van der Waals surface area (Å²) in [6.45, 7) is -0.913. The van der Waals surface area contributed by atoms with Gasteiger partial charge in [0.1, 0.15) is 31.0 Å². The van der Waals surface area contributed by atoms with Crippen molar-refractivity contribution in [1.82, 2.24) is 34.8 Å². The molecule has 0 aliphatic heterocycles. The molecule has 0 fully saturated rings. The highest BCUT2D eigenvalue weighted by atomic mass is 19.3. The van der Waals surface area contributed by atoms with Crippen molar-refractivity contribution in [3.05, 3.63) is 95.6 Å². The van der Waals surface area contributed by atoms with Crippen molar-refractivity contribution in [3.8, 4) is 11.8 Å². The summed E-state index contributed by atoms with van der Waals surface area (Å²) in [6, 6.07) is 10.2. The summed E-state index contributed by atoms with van der Waals surface area (Å²) < 4.78 is 30.9. The molecule has 0 spiro atoms. The highest BCUT2D eigenvalue weighted by Gasteiger charge is 2.32. The van der Waals surface area contributed by atoms with Gasteiger partial charge in [-0.1, -0.05) is 6.07 Å². The zero-order chi connectivity index (χ0) is 25.5. The van der Waals surface area contributed by atoms with Gasteiger partial charge in [-0.15, -0.1) is 0 Å². The van der Waals surface area contributed by atoms with E-state index in [-0.39, 0.29) is 23.3 Å². The second-order valence-corrected chi connectivity index (χ2v) is 7.51. The van der Waals surface area contributed by atoms with E-state index in [4.69, 9.17) is 0 Å². The second-order valence-electron chi connectivity index (χ2n) is 7.51. The van der Waals surface area contributed by atoms with Crippen molar-refractivity contribution >= 4 is 5.91 Å². The summed E-state index contributed by atoms with van der Waals surface area (Å²) in [5.41, 5.74) is 0.495. The van der Waals surface area contributed by atoms with E-state index in [0.29, 0.717) is 16.0 Å². The van der Waals surface area contributed by atoms with Crippen LogP contribution in [0.2, 0.25) is 0 Å². The number of nitrogens with zero attached hydrogens (tertiary/aromatic N) is 8. The number of nitriles is 1. The number of pyridine rings is 3. The first-order valence-corrected chi connectivity index (χ1v) is 10.6. The van der Waals surface area contributed by atoms with Gasteiger partial charge in [0.25, 0.3) is 0 Å². The fourth-order valence-electron chi connectivity index (χ4n) is 3.33. The molecule has 11 nitrogen and oxygen atoms in total. The topological polar surface area (TPSA) is 147 Å². The predicted octanol–water partition coefficient (Wildman–Crippen LogP) is 1.52. The summed E-state index contributed by atoms with van der Waals surface area (Å²) in [5.74, 6) is -3.91. The molecule has 0 aromatic carbocycles. The van der Waals surface area contributed by atoms with Crippen molar-refractivity contribution in [3.63, 3.8) is 0 Å². The van der Waals surface area contributed by atoms with Crippen molar-refractivity contribution in [2.75, 3.05) is 6.54 Å². The van der Waals surface area contributed by atoms with Crippen LogP contribution in [0.5, 0.6) is 0 Å². The second kappa shape index (κ2) is 10.5. The molecule has 0 radical (unpaired) electrons. The standard InChI is InChI=1S/C23H19F2N9O2/c24-23(25,20-3-1-2-7-29-20)13-31-21-5-4-16(10-26)19(34(21)36)9-22(35)30-12-17-11-27-8-6-18(17)33-15-28-14-32-33/h1-8,11,14-15,36H,9,12-13H2,(H,30,35). The van der Waals surface area contributed by atoms with E-state index in [1.165, 1.54) is 53.9 Å². The summed E-state index contributed by atoms with van der Waals surface area (Å²) in [7, 11) is 0. The fraction of sp³-hybridized carbons (Fsp3) is 0.174. The third kappa shape index (κ3) is 5.39. The van der Waals surface area contributed by atoms with Crippen molar-refractivity contribution < 1.29 is 18.8 Å². The van der Waals surface area contributed by atoms with Crippen LogP contribution in [0.1, 0.15) is 22.5 Å². The number of halogens is 2. The quantitative estimate of drug-likeness (QED) is 0.355. The monoisotopic (exact) mass is 491 g/mol. The van der Waals surface area contributed by atoms with Crippen LogP contribution in [0.25, 0.3) is 5.69 Å². The van der Waals surface area contributed by atoms with Crippen LogP contribution in [-0.4, -0.2) is 47.1 Å². The van der Waals surface area contributed by atoms with Crippen LogP contribution < -0.4 is 10.8 Å². The van der Waals surface area contributed by atoms with E-state index < -0.39 is 30.5 Å². The minimum atomic E-state index is -3.38. The molecule has 182 valence electrons. The molecule has 1 amide bonds. The summed E-state index contributed by atoms with van der Waals surface area (Å²) in [4.78, 5) is 28.0. The summed E-state index contributed by atoms with van der Waals surface area (Å²) in [5, 5.41) is 26.7. The molecule has 4 aromatic rings. The van der Waals surface area contributed by atoms with E-state index in [0.717, 1.165) is 0 Å². The van der Waals surface area contributed by atoms with Gasteiger partial charge in [0.15, 0.2) is 5.49 Å². The summed E-state index contributed by atoms with van der Waals surface area (Å²) in [6.07, 6.45) is 6.85. The Kier molecular flexibility index (Phi) is 7.05. The van der Waals surface area contributed by atoms with E-state index in [1.54, 1.807) is 18.5 Å². The fourth-order valence-corrected chi connectivity index (χ4v) is 3.33. The van der Waals surface area contributed by atoms with E-state index in [9.17, 15) is 24.0 Å². The number of carbonyl (C=O) groups excluding carboxylic acids is 1. The molecule has 0 aliphatic carbocycles. The lowest BCUT2D eigenvalue weighted by Gasteiger charge is -2.14. The molecule has 4 heterocycles. The number of amides is 1. The summed E-state index contributed by atoms with van der Waals surface area (Å²) >= 11 is 0. The molecule has 2 N–H and O–H groups in total. The Morgan fingerprint density at radius 2 is 2.06 bits per heavy atom. The van der Waals surface area contributed by atoms with E-state index in [2.05, 4.69) is 30.4 Å². The van der Waals surface area contributed by atoms with Crippen LogP contribution in [0.3, 0.4) is 0 Å². The Hall–Kier alpha value is -4.99. The van der Waals surface area contributed by atoms with Gasteiger partial charge < -0.3 is 10.5 Å². The molecule has 0 atom stereocenters. The number of hydrogen-bond donors (Lipinski definition) is 2. The lowest BCUT2D eigenvalue weighted by molar-refractivity contribution is -0.120. The molecule has 0 bridgehead atoms. The molecule has 36 heavy (non-hydrogen) atoms. The van der Waals surface area contributed by atoms with Gasteiger partial charge in [0.2, 0.25) is 5.91 Å². The van der Waals surface area contributed by atoms with Gasteiger partial charge in [-0.05, 0) is 30.3 Å². The van der Waals surface area contributed by atoms with Crippen molar-refractivity contribution in [1.29, 1.82) is 5.26 Å². The van der Waals surface area contributed by atoms with Crippen LogP contribution in [0.4, 0.5) is 8.78 Å². The number of rotatable bonds is 8. The maximum atomic E-state index is 14.4. The Morgan fingerprint density at radius 3 is 2.78 bits per heavy atom. The average molecular weight is 491 g/mol. The molecule has 0 saturated heterocycles. The van der Waals surface area contributed by atoms with Crippen molar-refractivity contribution in [2.24, 2.45) is 4.99 Å². The Balaban J connectivity index is 1.52. The zero-order valence-electron chi connectivity index (χ0n) is 18.7. The molecule has 0 aliphatic rings. The van der Waals surface area contributed by atoms with Gasteiger partial charge in [0.05, 0.1) is 23.4 Å². The van der Waals surface area contributed by atoms with Crippen LogP contribution >= 0.6 is 0 Å². The van der Waals surface area contributed by atoms with Gasteiger partial charge in [-0.2, -0.15) is 23.9 Å². The number of nitrogens with one attached hydrogen (secondary N) is 1. The maximum Gasteiger partial charge on any atom is 0.308 e. The molecular formula is C23H19F2N9O2. The first-order valence-electron chi connectivity index (χ1n) is 10.6. The van der Waals surface area contributed by atoms with Gasteiger partial charge in [-0.25, -0.2) is 9.67 Å². The van der Waals surface area contributed by atoms with Crippen LogP contribution in [0, 0.1) is 11.3 Å². The third-order valence-corrected chi connectivity index (χ3v) is 5.13. The highest BCUT2D eigenvalue weighted by molar-refractivity contribution is 5.78. The lowest BCUT2D eigenvalue weighted by Crippen LogP contribution is -2.31. The number of carbonyl (C=O) groups is 1. The minimum absolute atomic E-state index is 0.00670. The SMILES string of the molecule is N#Cc1ccc(=NCC(F)(F)c2ccccn2)n(O)c1CC(=O)NCc1cnccc1-n1cncn1.